The maximum Gasteiger partial charge on any atom is 0.255 e. The number of hydrogen-bond donors (Lipinski definition) is 1. The standard InChI is InChI=1S/C18H28N4O4/c23-17(18(6-2-1-3-7-18)22-8-11-24-12-9-22)19-13-15-20-16(26-21-15)14-5-4-10-25-14/h14H,1-13H2,(H,19,23). The minimum Gasteiger partial charge on any atom is -0.379 e. The zero-order chi connectivity index (χ0) is 17.8. The molecule has 1 saturated carbocycles. The molecule has 1 atom stereocenters. The summed E-state index contributed by atoms with van der Waals surface area (Å²) in [7, 11) is 0. The first-order valence-corrected chi connectivity index (χ1v) is 9.83. The molecule has 1 amide bonds. The summed E-state index contributed by atoms with van der Waals surface area (Å²) in [5.74, 6) is 1.12. The second-order valence-electron chi connectivity index (χ2n) is 7.42. The summed E-state index contributed by atoms with van der Waals surface area (Å²) in [6.07, 6.45) is 7.04. The molecule has 2 saturated heterocycles. The fourth-order valence-electron chi connectivity index (χ4n) is 4.38. The van der Waals surface area contributed by atoms with E-state index in [4.69, 9.17) is 14.0 Å². The molecule has 3 heterocycles. The third-order valence-corrected chi connectivity index (χ3v) is 5.82. The van der Waals surface area contributed by atoms with Crippen molar-refractivity contribution in [3.63, 3.8) is 0 Å². The van der Waals surface area contributed by atoms with Gasteiger partial charge in [0.05, 0.1) is 19.8 Å². The number of rotatable bonds is 5. The number of nitrogens with zero attached hydrogens (tertiary/aromatic N) is 3. The highest BCUT2D eigenvalue weighted by molar-refractivity contribution is 5.86. The van der Waals surface area contributed by atoms with Gasteiger partial charge in [-0.15, -0.1) is 0 Å². The van der Waals surface area contributed by atoms with E-state index in [0.717, 1.165) is 58.2 Å². The van der Waals surface area contributed by atoms with Crippen molar-refractivity contribution in [1.82, 2.24) is 20.4 Å². The molecule has 0 aromatic carbocycles. The Balaban J connectivity index is 1.40. The Hall–Kier alpha value is -1.51. The molecule has 1 N–H and O–H groups in total. The van der Waals surface area contributed by atoms with E-state index >= 15 is 0 Å². The molecule has 0 spiro atoms. The number of amides is 1. The van der Waals surface area contributed by atoms with E-state index in [2.05, 4.69) is 20.4 Å². The summed E-state index contributed by atoms with van der Waals surface area (Å²) in [6, 6.07) is 0. The summed E-state index contributed by atoms with van der Waals surface area (Å²) in [6.45, 7) is 4.06. The summed E-state index contributed by atoms with van der Waals surface area (Å²) in [4.78, 5) is 19.9. The lowest BCUT2D eigenvalue weighted by Gasteiger charge is -2.46. The van der Waals surface area contributed by atoms with Gasteiger partial charge in [0, 0.05) is 19.7 Å². The quantitative estimate of drug-likeness (QED) is 0.848. The lowest BCUT2D eigenvalue weighted by atomic mass is 9.79. The van der Waals surface area contributed by atoms with Gasteiger partial charge in [-0.3, -0.25) is 9.69 Å². The van der Waals surface area contributed by atoms with E-state index in [0.29, 0.717) is 31.5 Å². The van der Waals surface area contributed by atoms with Crippen molar-refractivity contribution in [3.8, 4) is 0 Å². The van der Waals surface area contributed by atoms with Gasteiger partial charge >= 0.3 is 0 Å². The molecule has 8 nitrogen and oxygen atoms in total. The van der Waals surface area contributed by atoms with Crippen LogP contribution >= 0.6 is 0 Å². The van der Waals surface area contributed by atoms with E-state index in [1.54, 1.807) is 0 Å². The van der Waals surface area contributed by atoms with Crippen LogP contribution in [0.4, 0.5) is 0 Å². The van der Waals surface area contributed by atoms with Crippen LogP contribution in [0.15, 0.2) is 4.52 Å². The fourth-order valence-corrected chi connectivity index (χ4v) is 4.38. The molecule has 1 aliphatic carbocycles. The van der Waals surface area contributed by atoms with Crippen molar-refractivity contribution in [1.29, 1.82) is 0 Å². The Kier molecular flexibility index (Phi) is 5.52. The normalized spacial score (nSPS) is 26.7. The molecule has 0 bridgehead atoms. The van der Waals surface area contributed by atoms with Gasteiger partial charge in [-0.25, -0.2) is 0 Å². The highest BCUT2D eigenvalue weighted by Gasteiger charge is 2.45. The summed E-state index contributed by atoms with van der Waals surface area (Å²) >= 11 is 0. The van der Waals surface area contributed by atoms with Crippen molar-refractivity contribution in [2.45, 2.75) is 63.1 Å². The van der Waals surface area contributed by atoms with Crippen LogP contribution in [-0.4, -0.2) is 59.4 Å². The average Bonchev–Trinajstić information content (AvgIpc) is 3.39. The van der Waals surface area contributed by atoms with E-state index in [1.807, 2.05) is 0 Å². The third-order valence-electron chi connectivity index (χ3n) is 5.82. The number of nitrogens with one attached hydrogen (secondary N) is 1. The lowest BCUT2D eigenvalue weighted by Crippen LogP contribution is -2.62. The van der Waals surface area contributed by atoms with Crippen molar-refractivity contribution in [3.05, 3.63) is 11.7 Å². The van der Waals surface area contributed by atoms with Gasteiger partial charge in [0.15, 0.2) is 5.82 Å². The van der Waals surface area contributed by atoms with Crippen LogP contribution in [0.5, 0.6) is 0 Å². The minimum absolute atomic E-state index is 0.0857. The molecule has 3 fully saturated rings. The maximum absolute atomic E-state index is 13.2. The Labute approximate surface area is 153 Å². The number of morpholine rings is 1. The summed E-state index contributed by atoms with van der Waals surface area (Å²) in [5.41, 5.74) is -0.414. The Morgan fingerprint density at radius 1 is 1.15 bits per heavy atom. The van der Waals surface area contributed by atoms with Crippen molar-refractivity contribution >= 4 is 5.91 Å². The monoisotopic (exact) mass is 364 g/mol. The highest BCUT2D eigenvalue weighted by Crippen LogP contribution is 2.34. The first kappa shape index (κ1) is 17.9. The Bertz CT molecular complexity index is 602. The molecule has 3 aliphatic rings. The van der Waals surface area contributed by atoms with Gasteiger partial charge in [-0.2, -0.15) is 4.98 Å². The van der Waals surface area contributed by atoms with E-state index < -0.39 is 5.54 Å². The van der Waals surface area contributed by atoms with Crippen LogP contribution in [0, 0.1) is 0 Å². The predicted molar refractivity (Wildman–Crippen MR) is 92.3 cm³/mol. The molecule has 1 aromatic heterocycles. The van der Waals surface area contributed by atoms with Gasteiger partial charge in [0.2, 0.25) is 5.91 Å². The number of ether oxygens (including phenoxy) is 2. The summed E-state index contributed by atoms with van der Waals surface area (Å²) < 4.78 is 16.3. The van der Waals surface area contributed by atoms with Gasteiger partial charge < -0.3 is 19.3 Å². The van der Waals surface area contributed by atoms with Gasteiger partial charge in [-0.05, 0) is 25.7 Å². The second kappa shape index (κ2) is 8.02. The van der Waals surface area contributed by atoms with Gasteiger partial charge in [0.1, 0.15) is 11.6 Å². The van der Waals surface area contributed by atoms with Crippen LogP contribution in [0.1, 0.15) is 62.8 Å². The van der Waals surface area contributed by atoms with Crippen LogP contribution in [0.2, 0.25) is 0 Å². The van der Waals surface area contributed by atoms with E-state index in [9.17, 15) is 4.79 Å². The number of hydrogen-bond acceptors (Lipinski definition) is 7. The lowest BCUT2D eigenvalue weighted by molar-refractivity contribution is -0.140. The molecule has 2 aliphatic heterocycles. The topological polar surface area (TPSA) is 89.7 Å². The second-order valence-corrected chi connectivity index (χ2v) is 7.42. The molecule has 26 heavy (non-hydrogen) atoms. The molecule has 1 aromatic rings. The van der Waals surface area contributed by atoms with Crippen LogP contribution in [-0.2, 0) is 20.8 Å². The van der Waals surface area contributed by atoms with Crippen LogP contribution < -0.4 is 5.32 Å². The van der Waals surface area contributed by atoms with E-state index in [1.165, 1.54) is 6.42 Å². The minimum atomic E-state index is -0.414. The van der Waals surface area contributed by atoms with E-state index in [-0.39, 0.29) is 12.0 Å². The molecule has 8 heteroatoms. The zero-order valence-electron chi connectivity index (χ0n) is 15.2. The van der Waals surface area contributed by atoms with Crippen LogP contribution in [0.25, 0.3) is 0 Å². The Morgan fingerprint density at radius 2 is 1.96 bits per heavy atom. The van der Waals surface area contributed by atoms with Crippen LogP contribution in [0.3, 0.4) is 0 Å². The molecular weight excluding hydrogens is 336 g/mol. The van der Waals surface area contributed by atoms with Crippen molar-refractivity contribution in [2.24, 2.45) is 0 Å². The number of carbonyl (C=O) groups excluding carboxylic acids is 1. The molecular formula is C18H28N4O4. The SMILES string of the molecule is O=C(NCc1noc(C2CCCO2)n1)C1(N2CCOCC2)CCCCC1. The predicted octanol–water partition coefficient (Wildman–Crippen LogP) is 1.57. The first-order valence-electron chi connectivity index (χ1n) is 9.83. The average molecular weight is 364 g/mol. The highest BCUT2D eigenvalue weighted by atomic mass is 16.5. The molecule has 144 valence electrons. The van der Waals surface area contributed by atoms with Gasteiger partial charge in [-0.1, -0.05) is 24.4 Å². The molecule has 0 radical (unpaired) electrons. The largest absolute Gasteiger partial charge is 0.379 e. The first-order chi connectivity index (χ1) is 12.8. The fraction of sp³-hybridized carbons (Fsp3) is 0.833. The Morgan fingerprint density at radius 3 is 2.69 bits per heavy atom. The maximum atomic E-state index is 13.2. The third kappa shape index (κ3) is 3.63. The van der Waals surface area contributed by atoms with Gasteiger partial charge in [0.25, 0.3) is 5.89 Å². The molecule has 1 unspecified atom stereocenters. The number of carbonyl (C=O) groups is 1. The van der Waals surface area contributed by atoms with Crippen molar-refractivity contribution < 1.29 is 18.8 Å². The molecule has 4 rings (SSSR count). The van der Waals surface area contributed by atoms with Crippen molar-refractivity contribution in [2.75, 3.05) is 32.9 Å². The zero-order valence-corrected chi connectivity index (χ0v) is 15.2. The number of aromatic nitrogens is 2. The smallest absolute Gasteiger partial charge is 0.255 e. The summed E-state index contributed by atoms with van der Waals surface area (Å²) in [5, 5.41) is 7.06.